The average molecular weight is 255 g/mol. The van der Waals surface area contributed by atoms with Crippen LogP contribution >= 0.6 is 0 Å². The van der Waals surface area contributed by atoms with Crippen molar-refractivity contribution in [2.45, 2.75) is 64.2 Å². The van der Waals surface area contributed by atoms with Gasteiger partial charge in [0.1, 0.15) is 0 Å². The van der Waals surface area contributed by atoms with Gasteiger partial charge in [0, 0.05) is 16.1 Å². The normalized spacial score (nSPS) is 12.6. The molecule has 0 rings (SSSR count). The van der Waals surface area contributed by atoms with E-state index in [4.69, 9.17) is 0 Å². The number of hydrogen-bond acceptors (Lipinski definition) is 0. The van der Waals surface area contributed by atoms with E-state index in [0.29, 0.717) is 0 Å². The minimum absolute atomic E-state index is 0.960. The second kappa shape index (κ2) is 6.01. The maximum Gasteiger partial charge on any atom is 0.0483 e. The molecule has 0 heterocycles. The van der Waals surface area contributed by atoms with Crippen LogP contribution in [-0.4, -0.2) is 16.1 Å². The molecule has 0 fully saturated rings. The molecule has 0 nitrogen and oxygen atoms in total. The first-order chi connectivity index (χ1) is 6.99. The van der Waals surface area contributed by atoms with Gasteiger partial charge in [0.15, 0.2) is 0 Å². The van der Waals surface area contributed by atoms with Crippen molar-refractivity contribution in [2.24, 2.45) is 0 Å². The molecule has 0 aromatic heterocycles. The standard InChI is InChI=1S/C14H30Si2/c1-13(11-15(3,4)5)9-10-14(2)12-16(6,7)8/h1-2,9-12H2,3-8H3. The van der Waals surface area contributed by atoms with Gasteiger partial charge < -0.3 is 0 Å². The van der Waals surface area contributed by atoms with Crippen molar-refractivity contribution in [3.63, 3.8) is 0 Å². The molecule has 0 aliphatic carbocycles. The third-order valence-electron chi connectivity index (χ3n) is 2.39. The first-order valence-corrected chi connectivity index (χ1v) is 13.7. The lowest BCUT2D eigenvalue weighted by atomic mass is 10.1. The van der Waals surface area contributed by atoms with Gasteiger partial charge in [0.05, 0.1) is 0 Å². The van der Waals surface area contributed by atoms with Crippen LogP contribution in [0.25, 0.3) is 0 Å². The second-order valence-electron chi connectivity index (χ2n) is 7.47. The van der Waals surface area contributed by atoms with Gasteiger partial charge in [0.25, 0.3) is 0 Å². The highest BCUT2D eigenvalue weighted by Crippen LogP contribution is 2.23. The zero-order valence-corrected chi connectivity index (χ0v) is 14.2. The summed E-state index contributed by atoms with van der Waals surface area (Å²) in [7, 11) is -1.92. The van der Waals surface area contributed by atoms with Crippen LogP contribution in [0.5, 0.6) is 0 Å². The van der Waals surface area contributed by atoms with Crippen LogP contribution in [0.3, 0.4) is 0 Å². The van der Waals surface area contributed by atoms with Gasteiger partial charge in [-0.25, -0.2) is 0 Å². The predicted molar refractivity (Wildman–Crippen MR) is 83.8 cm³/mol. The topological polar surface area (TPSA) is 0 Å². The Morgan fingerprint density at radius 2 is 0.938 bits per heavy atom. The van der Waals surface area contributed by atoms with Crippen LogP contribution < -0.4 is 0 Å². The summed E-state index contributed by atoms with van der Waals surface area (Å²) in [4.78, 5) is 0. The van der Waals surface area contributed by atoms with Crippen molar-refractivity contribution in [1.29, 1.82) is 0 Å². The molecule has 0 unspecified atom stereocenters. The van der Waals surface area contributed by atoms with E-state index in [0.717, 1.165) is 12.8 Å². The monoisotopic (exact) mass is 254 g/mol. The predicted octanol–water partition coefficient (Wildman–Crippen LogP) is 5.56. The van der Waals surface area contributed by atoms with E-state index < -0.39 is 16.1 Å². The Kier molecular flexibility index (Phi) is 5.98. The zero-order valence-electron chi connectivity index (χ0n) is 12.2. The summed E-state index contributed by atoms with van der Waals surface area (Å²) in [5.74, 6) is 0. The fourth-order valence-corrected chi connectivity index (χ4v) is 5.38. The summed E-state index contributed by atoms with van der Waals surface area (Å²) >= 11 is 0. The Hall–Kier alpha value is -0.0862. The molecule has 16 heavy (non-hydrogen) atoms. The third kappa shape index (κ3) is 10.4. The first kappa shape index (κ1) is 15.9. The molecule has 0 amide bonds. The number of rotatable bonds is 7. The van der Waals surface area contributed by atoms with Gasteiger partial charge in [-0.1, -0.05) is 50.4 Å². The quantitative estimate of drug-likeness (QED) is 0.412. The minimum Gasteiger partial charge on any atom is -0.100 e. The SMILES string of the molecule is C=C(CCC(=C)C[Si](C)(C)C)C[Si](C)(C)C. The van der Waals surface area contributed by atoms with Crippen molar-refractivity contribution in [3.8, 4) is 0 Å². The van der Waals surface area contributed by atoms with Crippen LogP contribution in [0.4, 0.5) is 0 Å². The largest absolute Gasteiger partial charge is 0.100 e. The molecule has 2 heteroatoms. The smallest absolute Gasteiger partial charge is 0.0483 e. The van der Waals surface area contributed by atoms with Crippen molar-refractivity contribution in [2.75, 3.05) is 0 Å². The molecule has 0 aromatic carbocycles. The zero-order chi connectivity index (χ0) is 13.0. The van der Waals surface area contributed by atoms with Gasteiger partial charge >= 0.3 is 0 Å². The molecule has 0 aliphatic rings. The Labute approximate surface area is 105 Å². The summed E-state index contributed by atoms with van der Waals surface area (Å²) < 4.78 is 0. The number of allylic oxidation sites excluding steroid dienone is 2. The van der Waals surface area contributed by atoms with Gasteiger partial charge in [-0.2, -0.15) is 0 Å². The summed E-state index contributed by atoms with van der Waals surface area (Å²) in [5, 5.41) is 0. The summed E-state index contributed by atoms with van der Waals surface area (Å²) in [6, 6.07) is 2.54. The maximum absolute atomic E-state index is 4.21. The van der Waals surface area contributed by atoms with Gasteiger partial charge in [-0.15, -0.1) is 13.2 Å². The van der Waals surface area contributed by atoms with E-state index in [2.05, 4.69) is 52.4 Å². The van der Waals surface area contributed by atoms with Crippen LogP contribution in [-0.2, 0) is 0 Å². The lowest BCUT2D eigenvalue weighted by Gasteiger charge is -2.20. The molecule has 0 aliphatic heterocycles. The molecule has 0 atom stereocenters. The molecule has 0 saturated heterocycles. The van der Waals surface area contributed by atoms with E-state index in [-0.39, 0.29) is 0 Å². The Morgan fingerprint density at radius 3 is 1.12 bits per heavy atom. The average Bonchev–Trinajstić information content (AvgIpc) is 1.94. The second-order valence-corrected chi connectivity index (χ2v) is 18.4. The lowest BCUT2D eigenvalue weighted by molar-refractivity contribution is 0.920. The van der Waals surface area contributed by atoms with Crippen LogP contribution in [0.15, 0.2) is 24.3 Å². The van der Waals surface area contributed by atoms with Crippen LogP contribution in [0.1, 0.15) is 12.8 Å². The highest BCUT2D eigenvalue weighted by atomic mass is 28.3. The summed E-state index contributed by atoms with van der Waals surface area (Å²) in [6.07, 6.45) is 2.32. The molecule has 0 aromatic rings. The molecule has 0 radical (unpaired) electrons. The Balaban J connectivity index is 3.90. The summed E-state index contributed by atoms with van der Waals surface area (Å²) in [6.45, 7) is 22.9. The molecule has 0 saturated carbocycles. The highest BCUT2D eigenvalue weighted by Gasteiger charge is 2.16. The lowest BCUT2D eigenvalue weighted by Crippen LogP contribution is -2.20. The third-order valence-corrected chi connectivity index (χ3v) is 5.51. The van der Waals surface area contributed by atoms with Gasteiger partial charge in [-0.05, 0) is 24.9 Å². The minimum atomic E-state index is -0.960. The maximum atomic E-state index is 4.21. The Morgan fingerprint density at radius 1 is 0.688 bits per heavy atom. The fraction of sp³-hybridized carbons (Fsp3) is 0.714. The van der Waals surface area contributed by atoms with Crippen LogP contribution in [0.2, 0.25) is 51.4 Å². The summed E-state index contributed by atoms with van der Waals surface area (Å²) in [5.41, 5.74) is 2.88. The molecule has 0 spiro atoms. The van der Waals surface area contributed by atoms with Crippen LogP contribution in [0, 0.1) is 0 Å². The van der Waals surface area contributed by atoms with E-state index >= 15 is 0 Å². The van der Waals surface area contributed by atoms with E-state index in [1.54, 1.807) is 0 Å². The van der Waals surface area contributed by atoms with Crippen molar-refractivity contribution in [1.82, 2.24) is 0 Å². The molecule has 94 valence electrons. The van der Waals surface area contributed by atoms with Gasteiger partial charge in [0.2, 0.25) is 0 Å². The van der Waals surface area contributed by atoms with E-state index in [1.165, 1.54) is 23.2 Å². The molecule has 0 N–H and O–H groups in total. The number of hydrogen-bond donors (Lipinski definition) is 0. The van der Waals surface area contributed by atoms with E-state index in [1.807, 2.05) is 0 Å². The highest BCUT2D eigenvalue weighted by molar-refractivity contribution is 6.77. The molecule has 0 bridgehead atoms. The molecular formula is C14H30Si2. The Bertz CT molecular complexity index is 223. The first-order valence-electron chi connectivity index (χ1n) is 6.33. The van der Waals surface area contributed by atoms with Gasteiger partial charge in [-0.3, -0.25) is 0 Å². The van der Waals surface area contributed by atoms with Crippen molar-refractivity contribution >= 4 is 16.1 Å². The fourth-order valence-electron chi connectivity index (χ4n) is 2.03. The molecular weight excluding hydrogens is 224 g/mol. The van der Waals surface area contributed by atoms with Crippen molar-refractivity contribution < 1.29 is 0 Å². The van der Waals surface area contributed by atoms with Crippen molar-refractivity contribution in [3.05, 3.63) is 24.3 Å². The van der Waals surface area contributed by atoms with E-state index in [9.17, 15) is 0 Å².